The Hall–Kier alpha value is -2.74. The first-order valence-electron chi connectivity index (χ1n) is 10.1. The van der Waals surface area contributed by atoms with Gasteiger partial charge in [0.2, 0.25) is 0 Å². The number of pyridine rings is 1. The number of aryl methyl sites for hydroxylation is 1. The van der Waals surface area contributed by atoms with Gasteiger partial charge in [-0.3, -0.25) is 4.79 Å². The van der Waals surface area contributed by atoms with Crippen molar-refractivity contribution in [2.24, 2.45) is 0 Å². The fourth-order valence-electron chi connectivity index (χ4n) is 3.80. The Labute approximate surface area is 177 Å². The van der Waals surface area contributed by atoms with Crippen LogP contribution in [0.4, 0.5) is 20.2 Å². The summed E-state index contributed by atoms with van der Waals surface area (Å²) in [5.74, 6) is -1.21. The standard InChI is InChI=1S/C22H24F2N4OS/c1-13-5-6-15-19(25)20(30-22(15)27-13)21(29)26-8-7-14-11-17(24)18(12-16(14)23)28-9-3-2-4-10-28/h5-6,11-12H,2-4,7-10,25H2,1H3,(H,26,29). The quantitative estimate of drug-likeness (QED) is 0.628. The number of carbonyl (C=O) groups excluding carboxylic acids is 1. The molecule has 5 nitrogen and oxygen atoms in total. The van der Waals surface area contributed by atoms with Crippen LogP contribution in [0.15, 0.2) is 24.3 Å². The van der Waals surface area contributed by atoms with Crippen molar-refractivity contribution < 1.29 is 13.6 Å². The molecule has 0 saturated carbocycles. The lowest BCUT2D eigenvalue weighted by Crippen LogP contribution is -2.30. The van der Waals surface area contributed by atoms with E-state index in [1.165, 1.54) is 23.5 Å². The number of rotatable bonds is 5. The van der Waals surface area contributed by atoms with Crippen molar-refractivity contribution in [3.8, 4) is 0 Å². The van der Waals surface area contributed by atoms with E-state index in [-0.39, 0.29) is 24.4 Å². The van der Waals surface area contributed by atoms with Gasteiger partial charge in [-0.15, -0.1) is 11.3 Å². The number of carbonyl (C=O) groups is 1. The zero-order valence-corrected chi connectivity index (χ0v) is 17.6. The van der Waals surface area contributed by atoms with Gasteiger partial charge in [-0.1, -0.05) is 0 Å². The summed E-state index contributed by atoms with van der Waals surface area (Å²) in [4.78, 5) is 19.9. The Kier molecular flexibility index (Phi) is 5.85. The van der Waals surface area contributed by atoms with Gasteiger partial charge >= 0.3 is 0 Å². The normalized spacial score (nSPS) is 14.3. The van der Waals surface area contributed by atoms with Crippen molar-refractivity contribution in [3.05, 3.63) is 52.0 Å². The SMILES string of the molecule is Cc1ccc2c(N)c(C(=O)NCCc3cc(F)c(N4CCCCC4)cc3F)sc2n1. The number of aromatic nitrogens is 1. The predicted molar refractivity (Wildman–Crippen MR) is 117 cm³/mol. The number of nitrogens with one attached hydrogen (secondary N) is 1. The second kappa shape index (κ2) is 8.55. The fourth-order valence-corrected chi connectivity index (χ4v) is 4.85. The van der Waals surface area contributed by atoms with Crippen LogP contribution in [0.5, 0.6) is 0 Å². The van der Waals surface area contributed by atoms with Gasteiger partial charge in [-0.05, 0) is 56.4 Å². The van der Waals surface area contributed by atoms with E-state index in [1.54, 1.807) is 0 Å². The van der Waals surface area contributed by atoms with Gasteiger partial charge in [0.25, 0.3) is 5.91 Å². The zero-order chi connectivity index (χ0) is 21.3. The molecular weight excluding hydrogens is 406 g/mol. The third-order valence-electron chi connectivity index (χ3n) is 5.43. The van der Waals surface area contributed by atoms with Crippen LogP contribution in [0.25, 0.3) is 10.2 Å². The van der Waals surface area contributed by atoms with Crippen LogP contribution < -0.4 is 16.0 Å². The molecule has 1 fully saturated rings. The maximum absolute atomic E-state index is 14.6. The lowest BCUT2D eigenvalue weighted by atomic mass is 10.1. The van der Waals surface area contributed by atoms with Crippen LogP contribution in [-0.4, -0.2) is 30.5 Å². The highest BCUT2D eigenvalue weighted by atomic mass is 32.1. The van der Waals surface area contributed by atoms with Gasteiger partial charge in [-0.25, -0.2) is 13.8 Å². The largest absolute Gasteiger partial charge is 0.397 e. The van der Waals surface area contributed by atoms with Crippen LogP contribution in [0.2, 0.25) is 0 Å². The number of hydrogen-bond donors (Lipinski definition) is 2. The number of hydrogen-bond acceptors (Lipinski definition) is 5. The summed E-state index contributed by atoms with van der Waals surface area (Å²) in [7, 11) is 0. The Morgan fingerprint density at radius 3 is 2.73 bits per heavy atom. The summed E-state index contributed by atoms with van der Waals surface area (Å²) < 4.78 is 29.1. The van der Waals surface area contributed by atoms with Crippen molar-refractivity contribution in [2.45, 2.75) is 32.6 Å². The molecule has 1 amide bonds. The highest BCUT2D eigenvalue weighted by Crippen LogP contribution is 2.32. The van der Waals surface area contributed by atoms with Gasteiger partial charge in [-0.2, -0.15) is 0 Å². The van der Waals surface area contributed by atoms with E-state index >= 15 is 0 Å². The van der Waals surface area contributed by atoms with E-state index in [4.69, 9.17) is 5.73 Å². The average Bonchev–Trinajstić information content (AvgIpc) is 3.06. The number of amides is 1. The molecule has 1 aliphatic heterocycles. The molecule has 1 saturated heterocycles. The van der Waals surface area contributed by atoms with Crippen LogP contribution >= 0.6 is 11.3 Å². The zero-order valence-electron chi connectivity index (χ0n) is 16.8. The molecule has 0 bridgehead atoms. The predicted octanol–water partition coefficient (Wildman–Crippen LogP) is 4.43. The van der Waals surface area contributed by atoms with Gasteiger partial charge in [0.1, 0.15) is 21.3 Å². The Morgan fingerprint density at radius 2 is 1.97 bits per heavy atom. The summed E-state index contributed by atoms with van der Waals surface area (Å²) in [5.41, 5.74) is 7.91. The van der Waals surface area contributed by atoms with Crippen molar-refractivity contribution in [3.63, 3.8) is 0 Å². The number of fused-ring (bicyclic) bond motifs is 1. The van der Waals surface area contributed by atoms with Crippen LogP contribution in [0.3, 0.4) is 0 Å². The van der Waals surface area contributed by atoms with Gasteiger partial charge in [0.15, 0.2) is 0 Å². The van der Waals surface area contributed by atoms with Crippen molar-refractivity contribution in [1.82, 2.24) is 10.3 Å². The monoisotopic (exact) mass is 430 g/mol. The highest BCUT2D eigenvalue weighted by Gasteiger charge is 2.19. The van der Waals surface area contributed by atoms with Gasteiger partial charge in [0, 0.05) is 36.8 Å². The molecule has 3 heterocycles. The maximum atomic E-state index is 14.6. The lowest BCUT2D eigenvalue weighted by Gasteiger charge is -2.29. The first-order chi connectivity index (χ1) is 14.4. The molecule has 0 radical (unpaired) electrons. The van der Waals surface area contributed by atoms with E-state index in [2.05, 4.69) is 10.3 Å². The lowest BCUT2D eigenvalue weighted by molar-refractivity contribution is 0.0959. The topological polar surface area (TPSA) is 71.2 Å². The summed E-state index contributed by atoms with van der Waals surface area (Å²) in [6.45, 7) is 3.55. The number of nitrogen functional groups attached to an aromatic ring is 1. The molecule has 3 N–H and O–H groups in total. The third kappa shape index (κ3) is 4.09. The number of thiophene rings is 1. The van der Waals surface area contributed by atoms with Gasteiger partial charge < -0.3 is 16.0 Å². The second-order valence-corrected chi connectivity index (χ2v) is 8.60. The number of halogens is 2. The maximum Gasteiger partial charge on any atom is 0.263 e. The van der Waals surface area contributed by atoms with Crippen LogP contribution in [-0.2, 0) is 6.42 Å². The Balaban J connectivity index is 1.42. The summed E-state index contributed by atoms with van der Waals surface area (Å²) in [6, 6.07) is 6.21. The van der Waals surface area contributed by atoms with E-state index in [1.807, 2.05) is 24.0 Å². The number of nitrogens with two attached hydrogens (primary N) is 1. The minimum absolute atomic E-state index is 0.179. The molecule has 0 spiro atoms. The van der Waals surface area contributed by atoms with Crippen LogP contribution in [0, 0.1) is 18.6 Å². The molecule has 1 aliphatic rings. The molecular formula is C22H24F2N4OS. The minimum Gasteiger partial charge on any atom is -0.397 e. The van der Waals surface area contributed by atoms with E-state index in [9.17, 15) is 13.6 Å². The molecule has 0 aliphatic carbocycles. The molecule has 30 heavy (non-hydrogen) atoms. The number of piperidine rings is 1. The molecule has 8 heteroatoms. The molecule has 3 aromatic rings. The Bertz CT molecular complexity index is 1090. The first-order valence-corrected chi connectivity index (χ1v) is 10.9. The molecule has 2 aromatic heterocycles. The van der Waals surface area contributed by atoms with E-state index in [0.29, 0.717) is 21.1 Å². The summed E-state index contributed by atoms with van der Waals surface area (Å²) >= 11 is 1.23. The highest BCUT2D eigenvalue weighted by molar-refractivity contribution is 7.21. The number of anilines is 2. The van der Waals surface area contributed by atoms with Crippen molar-refractivity contribution >= 4 is 38.8 Å². The average molecular weight is 431 g/mol. The number of benzene rings is 1. The summed E-state index contributed by atoms with van der Waals surface area (Å²) in [5, 5.41) is 3.50. The molecule has 158 valence electrons. The fraction of sp³-hybridized carbons (Fsp3) is 0.364. The van der Waals surface area contributed by atoms with Gasteiger partial charge in [0.05, 0.1) is 11.4 Å². The third-order valence-corrected chi connectivity index (χ3v) is 6.55. The van der Waals surface area contributed by atoms with E-state index in [0.717, 1.165) is 43.4 Å². The summed E-state index contributed by atoms with van der Waals surface area (Å²) in [6.07, 6.45) is 3.30. The minimum atomic E-state index is -0.452. The van der Waals surface area contributed by atoms with Crippen LogP contribution in [0.1, 0.15) is 40.2 Å². The van der Waals surface area contributed by atoms with Crippen molar-refractivity contribution in [2.75, 3.05) is 30.3 Å². The van der Waals surface area contributed by atoms with Crippen molar-refractivity contribution in [1.29, 1.82) is 0 Å². The number of nitrogens with zero attached hydrogens (tertiary/aromatic N) is 2. The molecule has 0 atom stereocenters. The first kappa shape index (κ1) is 20.5. The smallest absolute Gasteiger partial charge is 0.263 e. The molecule has 0 unspecified atom stereocenters. The van der Waals surface area contributed by atoms with E-state index < -0.39 is 11.6 Å². The second-order valence-electron chi connectivity index (χ2n) is 7.60. The molecule has 4 rings (SSSR count). The Morgan fingerprint density at radius 1 is 1.20 bits per heavy atom. The molecule has 1 aromatic carbocycles.